The smallest absolute Gasteiger partial charge is 0.439 e. The van der Waals surface area contributed by atoms with Gasteiger partial charge in [0.2, 0.25) is 5.88 Å². The number of rotatable bonds is 3. The van der Waals surface area contributed by atoms with Gasteiger partial charge in [-0.25, -0.2) is 4.98 Å². The first kappa shape index (κ1) is 14.6. The zero-order chi connectivity index (χ0) is 14.8. The molecule has 0 amide bonds. The summed E-state index contributed by atoms with van der Waals surface area (Å²) in [5.41, 5.74) is 0. The van der Waals surface area contributed by atoms with Crippen LogP contribution in [-0.4, -0.2) is 16.3 Å². The average Bonchev–Trinajstić information content (AvgIpc) is 2.31. The first-order chi connectivity index (χ1) is 9.33. The van der Waals surface area contributed by atoms with Gasteiger partial charge in [0.15, 0.2) is 0 Å². The molecule has 2 aromatic rings. The van der Waals surface area contributed by atoms with E-state index in [-0.39, 0.29) is 10.2 Å². The van der Waals surface area contributed by atoms with E-state index in [4.69, 9.17) is 4.74 Å². The Kier molecular flexibility index (Phi) is 4.12. The Balaban J connectivity index is 2.17. The van der Waals surface area contributed by atoms with E-state index in [9.17, 15) is 13.2 Å². The summed E-state index contributed by atoms with van der Waals surface area (Å²) in [5.74, 6) is 0.806. The van der Waals surface area contributed by atoms with Crippen molar-refractivity contribution in [1.82, 2.24) is 9.97 Å². The van der Waals surface area contributed by atoms with Crippen LogP contribution in [0.4, 0.5) is 13.2 Å². The molecule has 106 valence electrons. The minimum atomic E-state index is -4.74. The van der Waals surface area contributed by atoms with Gasteiger partial charge in [-0.05, 0) is 41.1 Å². The van der Waals surface area contributed by atoms with Gasteiger partial charge in [-0.2, -0.15) is 4.98 Å². The van der Waals surface area contributed by atoms with E-state index in [1.165, 1.54) is 18.3 Å². The maximum Gasteiger partial charge on any atom is 0.573 e. The Morgan fingerprint density at radius 2 is 1.95 bits per heavy atom. The highest BCUT2D eigenvalue weighted by Gasteiger charge is 2.32. The van der Waals surface area contributed by atoms with Gasteiger partial charge in [0.05, 0.1) is 4.47 Å². The molecule has 0 radical (unpaired) electrons. The fraction of sp³-hybridized carbons (Fsp3) is 0.167. The molecule has 20 heavy (non-hydrogen) atoms. The standard InChI is InChI=1S/C12H8BrF3N2O2/c1-7-17-5-4-11(18-7)19-8-2-3-10(9(13)6-8)20-12(14,15)16/h2-6H,1H3. The summed E-state index contributed by atoms with van der Waals surface area (Å²) >= 11 is 2.99. The minimum absolute atomic E-state index is 0.123. The fourth-order valence-corrected chi connectivity index (χ4v) is 1.80. The molecular weight excluding hydrogens is 341 g/mol. The van der Waals surface area contributed by atoms with Crippen LogP contribution in [0, 0.1) is 6.92 Å². The topological polar surface area (TPSA) is 44.2 Å². The van der Waals surface area contributed by atoms with E-state index in [1.807, 2.05) is 0 Å². The Morgan fingerprint density at radius 3 is 2.55 bits per heavy atom. The van der Waals surface area contributed by atoms with Gasteiger partial charge in [0.1, 0.15) is 17.3 Å². The van der Waals surface area contributed by atoms with Crippen LogP contribution in [0.3, 0.4) is 0 Å². The van der Waals surface area contributed by atoms with Crippen LogP contribution in [0.1, 0.15) is 5.82 Å². The average molecular weight is 349 g/mol. The van der Waals surface area contributed by atoms with Gasteiger partial charge in [-0.15, -0.1) is 13.2 Å². The van der Waals surface area contributed by atoms with E-state index < -0.39 is 6.36 Å². The summed E-state index contributed by atoms with van der Waals surface area (Å²) in [6.07, 6.45) is -3.22. The highest BCUT2D eigenvalue weighted by Crippen LogP contribution is 2.34. The molecule has 2 rings (SSSR count). The third-order valence-electron chi connectivity index (χ3n) is 2.10. The lowest BCUT2D eigenvalue weighted by Gasteiger charge is -2.11. The number of aryl methyl sites for hydroxylation is 1. The van der Waals surface area contributed by atoms with E-state index >= 15 is 0 Å². The van der Waals surface area contributed by atoms with Crippen molar-refractivity contribution in [2.24, 2.45) is 0 Å². The number of benzene rings is 1. The Hall–Kier alpha value is -1.83. The molecule has 1 aromatic heterocycles. The molecule has 4 nitrogen and oxygen atoms in total. The normalized spacial score (nSPS) is 11.2. The van der Waals surface area contributed by atoms with E-state index in [0.29, 0.717) is 17.5 Å². The quantitative estimate of drug-likeness (QED) is 0.832. The van der Waals surface area contributed by atoms with Crippen LogP contribution in [0.25, 0.3) is 0 Å². The number of halogens is 4. The van der Waals surface area contributed by atoms with Crippen molar-refractivity contribution < 1.29 is 22.6 Å². The van der Waals surface area contributed by atoms with Crippen molar-refractivity contribution >= 4 is 15.9 Å². The maximum atomic E-state index is 12.1. The third-order valence-corrected chi connectivity index (χ3v) is 2.72. The van der Waals surface area contributed by atoms with Crippen molar-refractivity contribution in [3.63, 3.8) is 0 Å². The molecule has 1 heterocycles. The molecule has 0 atom stereocenters. The van der Waals surface area contributed by atoms with Crippen LogP contribution < -0.4 is 9.47 Å². The monoisotopic (exact) mass is 348 g/mol. The van der Waals surface area contributed by atoms with Gasteiger partial charge < -0.3 is 9.47 Å². The number of hydrogen-bond donors (Lipinski definition) is 0. The highest BCUT2D eigenvalue weighted by atomic mass is 79.9. The van der Waals surface area contributed by atoms with Gasteiger partial charge in [0, 0.05) is 12.3 Å². The summed E-state index contributed by atoms with van der Waals surface area (Å²) < 4.78 is 45.7. The molecule has 1 aromatic carbocycles. The van der Waals surface area contributed by atoms with Gasteiger partial charge in [-0.1, -0.05) is 0 Å². The molecule has 0 saturated heterocycles. The van der Waals surface area contributed by atoms with Crippen LogP contribution in [0.2, 0.25) is 0 Å². The third kappa shape index (κ3) is 4.09. The van der Waals surface area contributed by atoms with Crippen molar-refractivity contribution in [3.8, 4) is 17.4 Å². The summed E-state index contributed by atoms with van der Waals surface area (Å²) in [4.78, 5) is 7.93. The number of alkyl halides is 3. The number of aromatic nitrogens is 2. The summed E-state index contributed by atoms with van der Waals surface area (Å²) in [6, 6.07) is 5.41. The molecule has 0 unspecified atom stereocenters. The molecule has 0 fully saturated rings. The van der Waals surface area contributed by atoms with Crippen molar-refractivity contribution in [2.75, 3.05) is 0 Å². The Bertz CT molecular complexity index is 620. The predicted octanol–water partition coefficient (Wildman–Crippen LogP) is 4.24. The van der Waals surface area contributed by atoms with Gasteiger partial charge >= 0.3 is 6.36 Å². The lowest BCUT2D eigenvalue weighted by molar-refractivity contribution is -0.274. The second kappa shape index (κ2) is 5.66. The second-order valence-corrected chi connectivity index (χ2v) is 4.54. The molecule has 0 aliphatic carbocycles. The maximum absolute atomic E-state index is 12.1. The second-order valence-electron chi connectivity index (χ2n) is 3.68. The van der Waals surface area contributed by atoms with Crippen molar-refractivity contribution in [3.05, 3.63) is 40.8 Å². The Morgan fingerprint density at radius 1 is 1.20 bits per heavy atom. The van der Waals surface area contributed by atoms with Crippen molar-refractivity contribution in [1.29, 1.82) is 0 Å². The summed E-state index contributed by atoms with van der Waals surface area (Å²) in [7, 11) is 0. The molecule has 8 heteroatoms. The first-order valence-electron chi connectivity index (χ1n) is 5.36. The molecule has 0 N–H and O–H groups in total. The summed E-state index contributed by atoms with van der Waals surface area (Å²) in [5, 5.41) is 0. The molecule has 0 saturated carbocycles. The lowest BCUT2D eigenvalue weighted by Crippen LogP contribution is -2.17. The van der Waals surface area contributed by atoms with E-state index in [0.717, 1.165) is 6.07 Å². The molecule has 0 bridgehead atoms. The predicted molar refractivity (Wildman–Crippen MR) is 67.7 cm³/mol. The zero-order valence-electron chi connectivity index (χ0n) is 10.1. The minimum Gasteiger partial charge on any atom is -0.439 e. The van der Waals surface area contributed by atoms with Gasteiger partial charge in [0.25, 0.3) is 0 Å². The van der Waals surface area contributed by atoms with Crippen LogP contribution in [0.15, 0.2) is 34.9 Å². The van der Waals surface area contributed by atoms with Crippen LogP contribution in [0.5, 0.6) is 17.4 Å². The summed E-state index contributed by atoms with van der Waals surface area (Å²) in [6.45, 7) is 1.70. The SMILES string of the molecule is Cc1nccc(Oc2ccc(OC(F)(F)F)c(Br)c2)n1. The van der Waals surface area contributed by atoms with Crippen molar-refractivity contribution in [2.45, 2.75) is 13.3 Å². The molecule has 0 aliphatic heterocycles. The van der Waals surface area contributed by atoms with E-state index in [2.05, 4.69) is 30.6 Å². The fourth-order valence-electron chi connectivity index (χ4n) is 1.36. The van der Waals surface area contributed by atoms with Gasteiger partial charge in [-0.3, -0.25) is 0 Å². The number of hydrogen-bond acceptors (Lipinski definition) is 4. The highest BCUT2D eigenvalue weighted by molar-refractivity contribution is 9.10. The van der Waals surface area contributed by atoms with Crippen LogP contribution >= 0.6 is 15.9 Å². The largest absolute Gasteiger partial charge is 0.573 e. The molecule has 0 spiro atoms. The number of nitrogens with zero attached hydrogens (tertiary/aromatic N) is 2. The van der Waals surface area contributed by atoms with Crippen LogP contribution in [-0.2, 0) is 0 Å². The first-order valence-corrected chi connectivity index (χ1v) is 6.15. The Labute approximate surface area is 120 Å². The number of ether oxygens (including phenoxy) is 2. The lowest BCUT2D eigenvalue weighted by atomic mass is 10.3. The molecule has 0 aliphatic rings. The zero-order valence-corrected chi connectivity index (χ0v) is 11.7. The molecular formula is C12H8BrF3N2O2. The van der Waals surface area contributed by atoms with E-state index in [1.54, 1.807) is 13.0 Å².